The van der Waals surface area contributed by atoms with Crippen LogP contribution in [0.5, 0.6) is 0 Å². The molecule has 0 heterocycles. The van der Waals surface area contributed by atoms with Gasteiger partial charge in [0.1, 0.15) is 0 Å². The van der Waals surface area contributed by atoms with E-state index >= 15 is 0 Å². The smallest absolute Gasteiger partial charge is 0.261 e. The van der Waals surface area contributed by atoms with Crippen LogP contribution in [0.2, 0.25) is 0 Å². The predicted molar refractivity (Wildman–Crippen MR) is 66.9 cm³/mol. The minimum absolute atomic E-state index is 0.592. The van der Waals surface area contributed by atoms with Gasteiger partial charge >= 0.3 is 21.8 Å². The molecule has 0 N–H and O–H groups in total. The Kier molecular flexibility index (Phi) is 5.38. The Bertz CT molecular complexity index is 649. The monoisotopic (exact) mass is 367 g/mol. The number of benzene rings is 1. The van der Waals surface area contributed by atoms with Crippen LogP contribution in [0.15, 0.2) is 34.3 Å². The Hall–Kier alpha value is -1.43. The summed E-state index contributed by atoms with van der Waals surface area (Å²) < 4.78 is 98.6. The second-order valence-corrected chi connectivity index (χ2v) is 6.04. The number of nitrogens with zero attached hydrogens (tertiary/aromatic N) is 1. The van der Waals surface area contributed by atoms with Crippen LogP contribution in [-0.2, 0) is 14.4 Å². The fourth-order valence-electron chi connectivity index (χ4n) is 1.15. The lowest BCUT2D eigenvalue weighted by molar-refractivity contribution is -0.0633. The summed E-state index contributed by atoms with van der Waals surface area (Å²) in [6.45, 7) is 0. The SMILES string of the molecule is CSc1ccc(/C(=N/OS(=O)(=O)C(F)(F)F)C(F)(F)F)cc1. The Morgan fingerprint density at radius 2 is 1.59 bits per heavy atom. The Labute approximate surface area is 125 Å². The van der Waals surface area contributed by atoms with E-state index in [0.29, 0.717) is 4.90 Å². The van der Waals surface area contributed by atoms with Gasteiger partial charge in [0.2, 0.25) is 0 Å². The molecule has 1 aromatic rings. The average Bonchev–Trinajstić information content (AvgIpc) is 2.36. The van der Waals surface area contributed by atoms with Gasteiger partial charge in [0.05, 0.1) is 0 Å². The van der Waals surface area contributed by atoms with Crippen LogP contribution in [0.3, 0.4) is 0 Å². The molecule has 12 heteroatoms. The van der Waals surface area contributed by atoms with Crippen LogP contribution in [-0.4, -0.2) is 32.1 Å². The lowest BCUT2D eigenvalue weighted by atomic mass is 10.1. The summed E-state index contributed by atoms with van der Waals surface area (Å²) in [7, 11) is -6.27. The molecule has 1 aromatic carbocycles. The normalized spacial score (nSPS) is 14.0. The van der Waals surface area contributed by atoms with Crippen molar-refractivity contribution < 1.29 is 39.0 Å². The van der Waals surface area contributed by atoms with E-state index < -0.39 is 33.1 Å². The molecule has 4 nitrogen and oxygen atoms in total. The summed E-state index contributed by atoms with van der Waals surface area (Å²) in [5.74, 6) is 0. The van der Waals surface area contributed by atoms with Crippen LogP contribution in [0.25, 0.3) is 0 Å². The summed E-state index contributed by atoms with van der Waals surface area (Å²) in [5.41, 5.74) is -8.41. The van der Waals surface area contributed by atoms with E-state index in [4.69, 9.17) is 0 Å². The quantitative estimate of drug-likeness (QED) is 0.269. The highest BCUT2D eigenvalue weighted by molar-refractivity contribution is 7.98. The maximum atomic E-state index is 12.8. The summed E-state index contributed by atoms with van der Waals surface area (Å²) in [6, 6.07) is 4.39. The van der Waals surface area contributed by atoms with Gasteiger partial charge in [-0.3, -0.25) is 4.28 Å². The number of thioether (sulfide) groups is 1. The molecule has 0 aliphatic carbocycles. The van der Waals surface area contributed by atoms with Crippen molar-refractivity contribution in [3.8, 4) is 0 Å². The molecule has 0 radical (unpaired) electrons. The zero-order valence-corrected chi connectivity index (χ0v) is 12.2. The van der Waals surface area contributed by atoms with E-state index in [1.54, 1.807) is 6.26 Å². The predicted octanol–water partition coefficient (Wildman–Crippen LogP) is 3.54. The zero-order chi connectivity index (χ0) is 17.2. The van der Waals surface area contributed by atoms with Gasteiger partial charge in [0, 0.05) is 10.5 Å². The van der Waals surface area contributed by atoms with Crippen molar-refractivity contribution in [2.45, 2.75) is 16.6 Å². The van der Waals surface area contributed by atoms with Gasteiger partial charge in [0.15, 0.2) is 5.71 Å². The van der Waals surface area contributed by atoms with Crippen LogP contribution in [0.1, 0.15) is 5.56 Å². The summed E-state index contributed by atoms with van der Waals surface area (Å²) in [6.07, 6.45) is -3.55. The van der Waals surface area contributed by atoms with Crippen molar-refractivity contribution in [2.75, 3.05) is 6.26 Å². The van der Waals surface area contributed by atoms with Gasteiger partial charge in [-0.05, 0) is 18.4 Å². The molecule has 124 valence electrons. The third-order valence-corrected chi connectivity index (χ3v) is 3.72. The Morgan fingerprint density at radius 3 is 1.95 bits per heavy atom. The molecule has 0 aliphatic rings. The highest BCUT2D eigenvalue weighted by Gasteiger charge is 2.49. The average molecular weight is 367 g/mol. The first-order valence-corrected chi connectivity index (χ1v) is 7.81. The number of rotatable bonds is 4. The first-order valence-electron chi connectivity index (χ1n) is 5.18. The highest BCUT2D eigenvalue weighted by atomic mass is 32.2. The van der Waals surface area contributed by atoms with E-state index in [9.17, 15) is 34.8 Å². The first-order chi connectivity index (χ1) is 9.88. The van der Waals surface area contributed by atoms with E-state index in [0.717, 1.165) is 12.1 Å². The maximum Gasteiger partial charge on any atom is 0.536 e. The number of halogens is 6. The number of oxime groups is 1. The third kappa shape index (κ3) is 4.53. The van der Waals surface area contributed by atoms with E-state index in [1.165, 1.54) is 23.9 Å². The summed E-state index contributed by atoms with van der Waals surface area (Å²) in [4.78, 5) is 0.592. The Balaban J connectivity index is 3.22. The van der Waals surface area contributed by atoms with Crippen LogP contribution < -0.4 is 0 Å². The molecule has 0 spiro atoms. The maximum absolute atomic E-state index is 12.8. The topological polar surface area (TPSA) is 55.7 Å². The number of alkyl halides is 6. The molecule has 0 aliphatic heterocycles. The molecule has 1 rings (SSSR count). The molecule has 0 bridgehead atoms. The lowest BCUT2D eigenvalue weighted by Gasteiger charge is -2.11. The molecule has 0 fully saturated rings. The highest BCUT2D eigenvalue weighted by Crippen LogP contribution is 2.28. The molecular weight excluding hydrogens is 360 g/mol. The van der Waals surface area contributed by atoms with Crippen molar-refractivity contribution in [1.29, 1.82) is 0 Å². The van der Waals surface area contributed by atoms with Crippen LogP contribution >= 0.6 is 11.8 Å². The summed E-state index contributed by atoms with van der Waals surface area (Å²) >= 11 is 1.22. The van der Waals surface area contributed by atoms with Gasteiger partial charge in [-0.1, -0.05) is 17.3 Å². The fraction of sp³-hybridized carbons (Fsp3) is 0.300. The van der Waals surface area contributed by atoms with Crippen molar-refractivity contribution in [1.82, 2.24) is 0 Å². The van der Waals surface area contributed by atoms with Crippen molar-refractivity contribution in [3.05, 3.63) is 29.8 Å². The first kappa shape index (κ1) is 18.6. The minimum atomic E-state index is -6.27. The van der Waals surface area contributed by atoms with Gasteiger partial charge < -0.3 is 0 Å². The van der Waals surface area contributed by atoms with Crippen molar-refractivity contribution in [2.24, 2.45) is 5.16 Å². The molecule has 22 heavy (non-hydrogen) atoms. The minimum Gasteiger partial charge on any atom is -0.261 e. The largest absolute Gasteiger partial charge is 0.536 e. The lowest BCUT2D eigenvalue weighted by Crippen LogP contribution is -2.28. The molecule has 0 saturated heterocycles. The van der Waals surface area contributed by atoms with Gasteiger partial charge in [-0.2, -0.15) is 34.8 Å². The van der Waals surface area contributed by atoms with Crippen LogP contribution in [0, 0.1) is 0 Å². The van der Waals surface area contributed by atoms with Crippen LogP contribution in [0.4, 0.5) is 26.3 Å². The molecule has 0 aromatic heterocycles. The molecule has 0 saturated carbocycles. The number of hydrogen-bond donors (Lipinski definition) is 0. The van der Waals surface area contributed by atoms with Crippen molar-refractivity contribution >= 4 is 27.6 Å². The number of hydrogen-bond acceptors (Lipinski definition) is 5. The molecule has 0 unspecified atom stereocenters. The van der Waals surface area contributed by atoms with E-state index in [-0.39, 0.29) is 0 Å². The second kappa shape index (κ2) is 6.36. The van der Waals surface area contributed by atoms with Gasteiger partial charge in [0.25, 0.3) is 0 Å². The van der Waals surface area contributed by atoms with E-state index in [1.807, 2.05) is 0 Å². The molecule has 0 atom stereocenters. The summed E-state index contributed by atoms with van der Waals surface area (Å²) in [5, 5.41) is 2.14. The van der Waals surface area contributed by atoms with E-state index in [2.05, 4.69) is 9.44 Å². The Morgan fingerprint density at radius 1 is 1.09 bits per heavy atom. The van der Waals surface area contributed by atoms with Gasteiger partial charge in [-0.15, -0.1) is 11.8 Å². The van der Waals surface area contributed by atoms with Crippen molar-refractivity contribution in [3.63, 3.8) is 0 Å². The second-order valence-electron chi connectivity index (χ2n) is 3.64. The molecular formula is C10H7F6NO3S2. The fourth-order valence-corrected chi connectivity index (χ4v) is 1.81. The van der Waals surface area contributed by atoms with Gasteiger partial charge in [-0.25, -0.2) is 0 Å². The third-order valence-electron chi connectivity index (χ3n) is 2.14. The standard InChI is InChI=1S/C10H7F6NO3S2/c1-21-7-4-2-6(3-5-7)8(9(11,12)13)17-20-22(18,19)10(14,15)16/h2-5H,1H3/b17-8-. The molecule has 0 amide bonds. The zero-order valence-electron chi connectivity index (χ0n) is 10.6.